The van der Waals surface area contributed by atoms with Gasteiger partial charge in [0.05, 0.1) is 12.2 Å². The van der Waals surface area contributed by atoms with Crippen LogP contribution >= 0.6 is 11.3 Å². The highest BCUT2D eigenvalue weighted by molar-refractivity contribution is 7.11. The molecule has 0 saturated heterocycles. The highest BCUT2D eigenvalue weighted by Crippen LogP contribution is 2.14. The van der Waals surface area contributed by atoms with Crippen molar-refractivity contribution in [2.75, 3.05) is 6.54 Å². The molecule has 0 fully saturated rings. The maximum Gasteiger partial charge on any atom is 0.266 e. The van der Waals surface area contributed by atoms with Crippen molar-refractivity contribution in [2.45, 2.75) is 26.9 Å². The summed E-state index contributed by atoms with van der Waals surface area (Å²) in [6.07, 6.45) is 0. The summed E-state index contributed by atoms with van der Waals surface area (Å²) in [7, 11) is 0. The number of rotatable bonds is 5. The zero-order chi connectivity index (χ0) is 13.0. The van der Waals surface area contributed by atoms with Gasteiger partial charge in [-0.05, 0) is 32.0 Å². The highest BCUT2D eigenvalue weighted by atomic mass is 32.1. The zero-order valence-electron chi connectivity index (χ0n) is 10.6. The van der Waals surface area contributed by atoms with E-state index in [1.165, 1.54) is 14.4 Å². The Labute approximate surface area is 110 Å². The molecule has 0 aliphatic carbocycles. The van der Waals surface area contributed by atoms with Crippen LogP contribution in [0.2, 0.25) is 0 Å². The summed E-state index contributed by atoms with van der Waals surface area (Å²) < 4.78 is 1.50. The fourth-order valence-electron chi connectivity index (χ4n) is 1.69. The van der Waals surface area contributed by atoms with E-state index in [0.29, 0.717) is 6.54 Å². The Bertz CT molecular complexity index is 574. The smallest absolute Gasteiger partial charge is 0.266 e. The molecule has 0 saturated carbocycles. The standard InChI is InChI=1S/C13H17N3OS/c1-10-3-6-13(17)16(15-10)8-7-14-9-12-5-4-11(2)18-12/h3-6,14H,7-9H2,1-2H3. The highest BCUT2D eigenvalue weighted by Gasteiger charge is 1.99. The Morgan fingerprint density at radius 2 is 2.11 bits per heavy atom. The SMILES string of the molecule is Cc1ccc(=O)n(CCNCc2ccc(C)s2)n1. The summed E-state index contributed by atoms with van der Waals surface area (Å²) in [6, 6.07) is 7.55. The van der Waals surface area contributed by atoms with Gasteiger partial charge in [-0.1, -0.05) is 0 Å². The third-order valence-electron chi connectivity index (χ3n) is 2.60. The first-order chi connectivity index (χ1) is 8.65. The van der Waals surface area contributed by atoms with E-state index in [2.05, 4.69) is 29.5 Å². The molecule has 96 valence electrons. The van der Waals surface area contributed by atoms with Gasteiger partial charge in [0.2, 0.25) is 0 Å². The third kappa shape index (κ3) is 3.51. The largest absolute Gasteiger partial charge is 0.310 e. The molecular formula is C13H17N3OS. The molecule has 2 rings (SSSR count). The number of aryl methyl sites for hydroxylation is 2. The van der Waals surface area contributed by atoms with Crippen LogP contribution < -0.4 is 10.9 Å². The van der Waals surface area contributed by atoms with Crippen LogP contribution in [0, 0.1) is 13.8 Å². The van der Waals surface area contributed by atoms with Crippen LogP contribution in [0.1, 0.15) is 15.4 Å². The molecular weight excluding hydrogens is 246 g/mol. The van der Waals surface area contributed by atoms with Gasteiger partial charge in [0.25, 0.3) is 5.56 Å². The molecule has 2 aromatic rings. The number of thiophene rings is 1. The molecule has 4 nitrogen and oxygen atoms in total. The second-order valence-corrected chi connectivity index (χ2v) is 5.60. The number of nitrogens with one attached hydrogen (secondary N) is 1. The predicted octanol–water partition coefficient (Wildman–Crippen LogP) is 1.71. The lowest BCUT2D eigenvalue weighted by molar-refractivity contribution is 0.528. The van der Waals surface area contributed by atoms with Gasteiger partial charge in [-0.2, -0.15) is 5.10 Å². The van der Waals surface area contributed by atoms with Crippen LogP contribution in [0.5, 0.6) is 0 Å². The summed E-state index contributed by atoms with van der Waals surface area (Å²) in [5, 5.41) is 7.51. The summed E-state index contributed by atoms with van der Waals surface area (Å²) in [5.41, 5.74) is 0.817. The summed E-state index contributed by atoms with van der Waals surface area (Å²) in [4.78, 5) is 14.2. The maximum atomic E-state index is 11.5. The van der Waals surface area contributed by atoms with Gasteiger partial charge in [-0.15, -0.1) is 11.3 Å². The fourth-order valence-corrected chi connectivity index (χ4v) is 2.55. The van der Waals surface area contributed by atoms with E-state index in [9.17, 15) is 4.79 Å². The van der Waals surface area contributed by atoms with Crippen molar-refractivity contribution >= 4 is 11.3 Å². The fraction of sp³-hybridized carbons (Fsp3) is 0.385. The molecule has 18 heavy (non-hydrogen) atoms. The molecule has 0 amide bonds. The third-order valence-corrected chi connectivity index (χ3v) is 3.60. The van der Waals surface area contributed by atoms with Gasteiger partial charge in [-0.25, -0.2) is 4.68 Å². The van der Waals surface area contributed by atoms with Crippen molar-refractivity contribution < 1.29 is 0 Å². The molecule has 0 aliphatic heterocycles. The summed E-state index contributed by atoms with van der Waals surface area (Å²) >= 11 is 1.79. The average molecular weight is 263 g/mol. The van der Waals surface area contributed by atoms with Gasteiger partial charge in [0.15, 0.2) is 0 Å². The van der Waals surface area contributed by atoms with Crippen LogP contribution in [0.15, 0.2) is 29.1 Å². The predicted molar refractivity (Wildman–Crippen MR) is 74.0 cm³/mol. The molecule has 0 atom stereocenters. The lowest BCUT2D eigenvalue weighted by atomic mass is 10.4. The first kappa shape index (κ1) is 13.0. The van der Waals surface area contributed by atoms with E-state index in [1.807, 2.05) is 6.92 Å². The van der Waals surface area contributed by atoms with Gasteiger partial charge < -0.3 is 5.32 Å². The minimum Gasteiger partial charge on any atom is -0.310 e. The summed E-state index contributed by atoms with van der Waals surface area (Å²) in [6.45, 7) is 6.18. The van der Waals surface area contributed by atoms with Crippen molar-refractivity contribution in [3.05, 3.63) is 50.1 Å². The first-order valence-electron chi connectivity index (χ1n) is 5.96. The van der Waals surface area contributed by atoms with E-state index >= 15 is 0 Å². The van der Waals surface area contributed by atoms with Crippen LogP contribution in [0.4, 0.5) is 0 Å². The second-order valence-electron chi connectivity index (χ2n) is 4.23. The Balaban J connectivity index is 1.82. The minimum atomic E-state index is -0.0469. The number of hydrogen-bond donors (Lipinski definition) is 1. The Kier molecular flexibility index (Phi) is 4.28. The summed E-state index contributed by atoms with van der Waals surface area (Å²) in [5.74, 6) is 0. The van der Waals surface area contributed by atoms with Crippen molar-refractivity contribution in [3.63, 3.8) is 0 Å². The van der Waals surface area contributed by atoms with E-state index in [1.54, 1.807) is 23.5 Å². The Morgan fingerprint density at radius 1 is 1.28 bits per heavy atom. The topological polar surface area (TPSA) is 46.9 Å². The second kappa shape index (κ2) is 5.93. The van der Waals surface area contributed by atoms with E-state index < -0.39 is 0 Å². The van der Waals surface area contributed by atoms with Crippen molar-refractivity contribution in [2.24, 2.45) is 0 Å². The van der Waals surface area contributed by atoms with Crippen molar-refractivity contribution in [1.29, 1.82) is 0 Å². The molecule has 0 unspecified atom stereocenters. The minimum absolute atomic E-state index is 0.0469. The quantitative estimate of drug-likeness (QED) is 0.835. The number of aromatic nitrogens is 2. The van der Waals surface area contributed by atoms with E-state index in [4.69, 9.17) is 0 Å². The van der Waals surface area contributed by atoms with Crippen molar-refractivity contribution in [3.8, 4) is 0 Å². The van der Waals surface area contributed by atoms with Crippen molar-refractivity contribution in [1.82, 2.24) is 15.1 Å². The Morgan fingerprint density at radius 3 is 2.83 bits per heavy atom. The average Bonchev–Trinajstić information content (AvgIpc) is 2.75. The molecule has 0 aliphatic rings. The Hall–Kier alpha value is -1.46. The monoisotopic (exact) mass is 263 g/mol. The van der Waals surface area contributed by atoms with Crippen LogP contribution in [-0.4, -0.2) is 16.3 Å². The molecule has 2 heterocycles. The number of hydrogen-bond acceptors (Lipinski definition) is 4. The molecule has 2 aromatic heterocycles. The lowest BCUT2D eigenvalue weighted by Gasteiger charge is -2.06. The van der Waals surface area contributed by atoms with Crippen LogP contribution in [0.3, 0.4) is 0 Å². The molecule has 0 aromatic carbocycles. The van der Waals surface area contributed by atoms with Gasteiger partial charge >= 0.3 is 0 Å². The first-order valence-corrected chi connectivity index (χ1v) is 6.77. The molecule has 5 heteroatoms. The maximum absolute atomic E-state index is 11.5. The van der Waals surface area contributed by atoms with Gasteiger partial charge in [0.1, 0.15) is 0 Å². The van der Waals surface area contributed by atoms with Crippen LogP contribution in [-0.2, 0) is 13.1 Å². The van der Waals surface area contributed by atoms with Crippen LogP contribution in [0.25, 0.3) is 0 Å². The van der Waals surface area contributed by atoms with Gasteiger partial charge in [0, 0.05) is 28.9 Å². The van der Waals surface area contributed by atoms with E-state index in [-0.39, 0.29) is 5.56 Å². The van der Waals surface area contributed by atoms with E-state index in [0.717, 1.165) is 18.8 Å². The molecule has 0 bridgehead atoms. The molecule has 1 N–H and O–H groups in total. The lowest BCUT2D eigenvalue weighted by Crippen LogP contribution is -2.28. The normalized spacial score (nSPS) is 10.8. The van der Waals surface area contributed by atoms with Gasteiger partial charge in [-0.3, -0.25) is 4.79 Å². The molecule has 0 radical (unpaired) electrons. The molecule has 0 spiro atoms. The zero-order valence-corrected chi connectivity index (χ0v) is 11.5. The number of nitrogens with zero attached hydrogens (tertiary/aromatic N) is 2.